The minimum atomic E-state index is -0.150. The third kappa shape index (κ3) is 2.44. The van der Waals surface area contributed by atoms with Crippen LogP contribution in [0.2, 0.25) is 0 Å². The lowest BCUT2D eigenvalue weighted by Crippen LogP contribution is -2.21. The first-order valence-corrected chi connectivity index (χ1v) is 5.42. The summed E-state index contributed by atoms with van der Waals surface area (Å²) in [7, 11) is 0. The van der Waals surface area contributed by atoms with Gasteiger partial charge in [-0.2, -0.15) is 0 Å². The number of hydrogen-bond donors (Lipinski definition) is 1. The SMILES string of the molecule is O=C(Nn1cccc1)c1cccc(CCl)c1. The van der Waals surface area contributed by atoms with Gasteiger partial charge in [0.2, 0.25) is 0 Å². The van der Waals surface area contributed by atoms with E-state index in [1.165, 1.54) is 0 Å². The molecule has 0 unspecified atom stereocenters. The van der Waals surface area contributed by atoms with Gasteiger partial charge in [-0.05, 0) is 29.8 Å². The van der Waals surface area contributed by atoms with E-state index < -0.39 is 0 Å². The fraction of sp³-hybridized carbons (Fsp3) is 0.0833. The molecule has 1 aromatic heterocycles. The first-order chi connectivity index (χ1) is 7.79. The number of alkyl halides is 1. The first-order valence-electron chi connectivity index (χ1n) is 4.89. The van der Waals surface area contributed by atoms with Gasteiger partial charge in [-0.3, -0.25) is 14.9 Å². The molecule has 82 valence electrons. The number of halogens is 1. The van der Waals surface area contributed by atoms with Crippen molar-refractivity contribution in [3.05, 3.63) is 59.9 Å². The molecule has 1 amide bonds. The number of aromatic nitrogens is 1. The van der Waals surface area contributed by atoms with Crippen molar-refractivity contribution in [2.45, 2.75) is 5.88 Å². The van der Waals surface area contributed by atoms with Crippen molar-refractivity contribution >= 4 is 17.5 Å². The zero-order valence-corrected chi connectivity index (χ0v) is 9.32. The lowest BCUT2D eigenvalue weighted by atomic mass is 10.1. The molecule has 0 saturated heterocycles. The zero-order valence-electron chi connectivity index (χ0n) is 8.56. The number of hydrogen-bond acceptors (Lipinski definition) is 1. The van der Waals surface area contributed by atoms with E-state index in [2.05, 4.69) is 5.43 Å². The van der Waals surface area contributed by atoms with Gasteiger partial charge in [0, 0.05) is 23.8 Å². The summed E-state index contributed by atoms with van der Waals surface area (Å²) in [5.74, 6) is 0.258. The van der Waals surface area contributed by atoms with E-state index in [1.54, 1.807) is 29.2 Å². The number of rotatable bonds is 3. The molecule has 0 bridgehead atoms. The maximum atomic E-state index is 11.8. The van der Waals surface area contributed by atoms with Crippen LogP contribution in [0.4, 0.5) is 0 Å². The summed E-state index contributed by atoms with van der Waals surface area (Å²) in [6, 6.07) is 10.9. The van der Waals surface area contributed by atoms with Gasteiger partial charge in [-0.15, -0.1) is 11.6 Å². The number of nitrogens with one attached hydrogen (secondary N) is 1. The van der Waals surface area contributed by atoms with E-state index in [0.717, 1.165) is 5.56 Å². The van der Waals surface area contributed by atoms with Gasteiger partial charge >= 0.3 is 0 Å². The average molecular weight is 235 g/mol. The summed E-state index contributed by atoms with van der Waals surface area (Å²) >= 11 is 5.71. The Labute approximate surface area is 98.6 Å². The second-order valence-corrected chi connectivity index (χ2v) is 3.63. The lowest BCUT2D eigenvalue weighted by Gasteiger charge is -2.06. The van der Waals surface area contributed by atoms with Crippen LogP contribution in [0.15, 0.2) is 48.8 Å². The van der Waals surface area contributed by atoms with Crippen LogP contribution >= 0.6 is 11.6 Å². The van der Waals surface area contributed by atoms with Crippen LogP contribution in [-0.2, 0) is 5.88 Å². The van der Waals surface area contributed by atoms with Crippen molar-refractivity contribution in [2.75, 3.05) is 5.43 Å². The second-order valence-electron chi connectivity index (χ2n) is 3.37. The summed E-state index contributed by atoms with van der Waals surface area (Å²) in [6.07, 6.45) is 3.53. The van der Waals surface area contributed by atoms with Crippen LogP contribution in [0.25, 0.3) is 0 Å². The normalized spacial score (nSPS) is 10.1. The number of benzene rings is 1. The summed E-state index contributed by atoms with van der Waals surface area (Å²) in [4.78, 5) is 11.8. The number of nitrogens with zero attached hydrogens (tertiary/aromatic N) is 1. The topological polar surface area (TPSA) is 34.0 Å². The summed E-state index contributed by atoms with van der Waals surface area (Å²) in [5, 5.41) is 0. The van der Waals surface area contributed by atoms with Crippen molar-refractivity contribution in [3.63, 3.8) is 0 Å². The zero-order chi connectivity index (χ0) is 11.4. The number of carbonyl (C=O) groups excluding carboxylic acids is 1. The summed E-state index contributed by atoms with van der Waals surface area (Å²) < 4.78 is 1.61. The molecule has 0 spiro atoms. The lowest BCUT2D eigenvalue weighted by molar-refractivity contribution is 0.101. The fourth-order valence-corrected chi connectivity index (χ4v) is 1.55. The highest BCUT2D eigenvalue weighted by molar-refractivity contribution is 6.17. The molecule has 0 aliphatic heterocycles. The molecule has 3 nitrogen and oxygen atoms in total. The van der Waals surface area contributed by atoms with Crippen molar-refractivity contribution in [2.24, 2.45) is 0 Å². The minimum Gasteiger partial charge on any atom is -0.268 e. The molecule has 0 saturated carbocycles. The van der Waals surface area contributed by atoms with Crippen molar-refractivity contribution in [3.8, 4) is 0 Å². The first kappa shape index (κ1) is 10.8. The van der Waals surface area contributed by atoms with Crippen LogP contribution in [0.3, 0.4) is 0 Å². The van der Waals surface area contributed by atoms with Gasteiger partial charge in [-0.25, -0.2) is 0 Å². The van der Waals surface area contributed by atoms with Gasteiger partial charge in [0.1, 0.15) is 0 Å². The van der Waals surface area contributed by atoms with Gasteiger partial charge in [0.15, 0.2) is 0 Å². The van der Waals surface area contributed by atoms with Crippen LogP contribution in [0, 0.1) is 0 Å². The van der Waals surface area contributed by atoms with Gasteiger partial charge in [0.25, 0.3) is 5.91 Å². The molecule has 2 rings (SSSR count). The molecule has 0 atom stereocenters. The van der Waals surface area contributed by atoms with Gasteiger partial charge in [0.05, 0.1) is 0 Å². The highest BCUT2D eigenvalue weighted by Crippen LogP contribution is 2.08. The Morgan fingerprint density at radius 3 is 2.69 bits per heavy atom. The minimum absolute atomic E-state index is 0.150. The molecule has 0 aliphatic rings. The molecule has 4 heteroatoms. The van der Waals surface area contributed by atoms with E-state index in [1.807, 2.05) is 24.3 Å². The fourth-order valence-electron chi connectivity index (χ4n) is 1.39. The predicted molar refractivity (Wildman–Crippen MR) is 64.1 cm³/mol. The van der Waals surface area contributed by atoms with Crippen LogP contribution < -0.4 is 5.43 Å². The summed E-state index contributed by atoms with van der Waals surface area (Å²) in [5.41, 5.74) is 4.26. The van der Waals surface area contributed by atoms with Crippen molar-refractivity contribution in [1.82, 2.24) is 4.68 Å². The summed E-state index contributed by atoms with van der Waals surface area (Å²) in [6.45, 7) is 0. The quantitative estimate of drug-likeness (QED) is 0.814. The van der Waals surface area contributed by atoms with E-state index >= 15 is 0 Å². The van der Waals surface area contributed by atoms with E-state index in [4.69, 9.17) is 11.6 Å². The van der Waals surface area contributed by atoms with E-state index in [9.17, 15) is 4.79 Å². The monoisotopic (exact) mass is 234 g/mol. The average Bonchev–Trinajstić information content (AvgIpc) is 2.82. The Hall–Kier alpha value is -1.74. The molecule has 16 heavy (non-hydrogen) atoms. The Kier molecular flexibility index (Phi) is 3.27. The molecule has 1 heterocycles. The van der Waals surface area contributed by atoms with E-state index in [0.29, 0.717) is 11.4 Å². The Morgan fingerprint density at radius 2 is 2.00 bits per heavy atom. The van der Waals surface area contributed by atoms with Crippen LogP contribution in [0.5, 0.6) is 0 Å². The third-order valence-electron chi connectivity index (χ3n) is 2.18. The standard InChI is InChI=1S/C12H11ClN2O/c13-9-10-4-3-5-11(8-10)12(16)14-15-6-1-2-7-15/h1-8H,9H2,(H,14,16). The van der Waals surface area contributed by atoms with Crippen molar-refractivity contribution in [1.29, 1.82) is 0 Å². The van der Waals surface area contributed by atoms with Crippen molar-refractivity contribution < 1.29 is 4.79 Å². The maximum absolute atomic E-state index is 11.8. The molecule has 0 fully saturated rings. The molecule has 2 aromatic rings. The number of amides is 1. The molecule has 1 aromatic carbocycles. The Morgan fingerprint density at radius 1 is 1.25 bits per heavy atom. The molecular weight excluding hydrogens is 224 g/mol. The second kappa shape index (κ2) is 4.86. The highest BCUT2D eigenvalue weighted by Gasteiger charge is 2.05. The maximum Gasteiger partial charge on any atom is 0.270 e. The molecule has 0 aliphatic carbocycles. The third-order valence-corrected chi connectivity index (χ3v) is 2.49. The van der Waals surface area contributed by atoms with Gasteiger partial charge < -0.3 is 0 Å². The van der Waals surface area contributed by atoms with E-state index in [-0.39, 0.29) is 5.91 Å². The predicted octanol–water partition coefficient (Wildman–Crippen LogP) is 2.61. The van der Waals surface area contributed by atoms with Crippen LogP contribution in [0.1, 0.15) is 15.9 Å². The largest absolute Gasteiger partial charge is 0.270 e. The smallest absolute Gasteiger partial charge is 0.268 e. The van der Waals surface area contributed by atoms with Gasteiger partial charge in [-0.1, -0.05) is 12.1 Å². The van der Waals surface area contributed by atoms with Crippen LogP contribution in [-0.4, -0.2) is 10.6 Å². The number of carbonyl (C=O) groups is 1. The highest BCUT2D eigenvalue weighted by atomic mass is 35.5. The molecular formula is C12H11ClN2O. The molecule has 1 N–H and O–H groups in total. The Bertz CT molecular complexity index is 480. The Balaban J connectivity index is 2.14. The molecule has 0 radical (unpaired) electrons.